The largest absolute Gasteiger partial charge is 0.444 e. The molecule has 0 aliphatic carbocycles. The van der Waals surface area contributed by atoms with Gasteiger partial charge in [-0.25, -0.2) is 13.2 Å². The molecule has 1 rings (SSSR count). The van der Waals surface area contributed by atoms with Gasteiger partial charge >= 0.3 is 6.09 Å². The predicted octanol–water partition coefficient (Wildman–Crippen LogP) is 0.301. The normalized spacial score (nSPS) is 21.0. The fourth-order valence-corrected chi connectivity index (χ4v) is 3.09. The van der Waals surface area contributed by atoms with E-state index in [9.17, 15) is 13.2 Å². The molecule has 1 saturated heterocycles. The highest BCUT2D eigenvalue weighted by Crippen LogP contribution is 2.15. The summed E-state index contributed by atoms with van der Waals surface area (Å²) in [5.74, 6) is 0.177. The molecule has 1 aliphatic heterocycles. The Morgan fingerprint density at radius 1 is 1.32 bits per heavy atom. The van der Waals surface area contributed by atoms with Gasteiger partial charge in [-0.3, -0.25) is 4.90 Å². The number of hydrogen-bond acceptors (Lipinski definition) is 6. The second-order valence-electron chi connectivity index (χ2n) is 6.84. The summed E-state index contributed by atoms with van der Waals surface area (Å²) in [7, 11) is -2.94. The number of nitrogens with two attached hydrogens (primary N) is 1. The number of hydrogen-bond donors (Lipinski definition) is 1. The van der Waals surface area contributed by atoms with Gasteiger partial charge in [-0.05, 0) is 33.7 Å². The van der Waals surface area contributed by atoms with Gasteiger partial charge in [0.25, 0.3) is 0 Å². The predicted molar refractivity (Wildman–Crippen MR) is 86.6 cm³/mol. The van der Waals surface area contributed by atoms with Crippen LogP contribution < -0.4 is 5.73 Å². The Balaban J connectivity index is 2.51. The molecule has 0 bridgehead atoms. The molecule has 130 valence electrons. The molecular formula is C14H29N3O4S. The number of ether oxygens (including phenoxy) is 1. The van der Waals surface area contributed by atoms with E-state index in [1.54, 1.807) is 4.90 Å². The third-order valence-electron chi connectivity index (χ3n) is 3.49. The van der Waals surface area contributed by atoms with Crippen molar-refractivity contribution >= 4 is 15.9 Å². The van der Waals surface area contributed by atoms with Crippen molar-refractivity contribution in [2.24, 2.45) is 5.73 Å². The first-order valence-electron chi connectivity index (χ1n) is 7.61. The molecule has 0 saturated carbocycles. The Labute approximate surface area is 133 Å². The molecular weight excluding hydrogens is 306 g/mol. The fraction of sp³-hybridized carbons (Fsp3) is 0.929. The maximum absolute atomic E-state index is 12.1. The summed E-state index contributed by atoms with van der Waals surface area (Å²) in [6.07, 6.45) is 1.51. The number of piperazine rings is 1. The van der Waals surface area contributed by atoms with Gasteiger partial charge in [-0.2, -0.15) is 0 Å². The SMILES string of the molecule is CC(C)(C)OC(=O)N1CCN(CCCS(C)(=O)=O)C(CN)C1. The molecule has 1 amide bonds. The topological polar surface area (TPSA) is 92.9 Å². The molecule has 8 heteroatoms. The smallest absolute Gasteiger partial charge is 0.410 e. The summed E-state index contributed by atoms with van der Waals surface area (Å²) in [4.78, 5) is 15.9. The quantitative estimate of drug-likeness (QED) is 0.777. The van der Waals surface area contributed by atoms with Crippen LogP contribution in [-0.2, 0) is 14.6 Å². The Hall–Kier alpha value is -0.860. The van der Waals surface area contributed by atoms with Crippen molar-refractivity contribution in [1.82, 2.24) is 9.80 Å². The van der Waals surface area contributed by atoms with E-state index in [1.807, 2.05) is 20.8 Å². The molecule has 22 heavy (non-hydrogen) atoms. The van der Waals surface area contributed by atoms with Gasteiger partial charge in [0, 0.05) is 38.5 Å². The molecule has 1 fully saturated rings. The minimum Gasteiger partial charge on any atom is -0.444 e. The zero-order valence-electron chi connectivity index (χ0n) is 14.0. The van der Waals surface area contributed by atoms with Crippen LogP contribution in [0.3, 0.4) is 0 Å². The Kier molecular flexibility index (Phi) is 6.64. The highest BCUT2D eigenvalue weighted by Gasteiger charge is 2.31. The van der Waals surface area contributed by atoms with Crippen molar-refractivity contribution in [2.75, 3.05) is 44.7 Å². The third-order valence-corrected chi connectivity index (χ3v) is 4.52. The van der Waals surface area contributed by atoms with Gasteiger partial charge < -0.3 is 15.4 Å². The van der Waals surface area contributed by atoms with E-state index in [0.717, 1.165) is 0 Å². The standard InChI is InChI=1S/C14H29N3O4S/c1-14(2,3)21-13(18)17-8-7-16(12(10-15)11-17)6-5-9-22(4,19)20/h12H,5-11,15H2,1-4H3. The van der Waals surface area contributed by atoms with Crippen molar-refractivity contribution in [3.05, 3.63) is 0 Å². The van der Waals surface area contributed by atoms with E-state index in [4.69, 9.17) is 10.5 Å². The third kappa shape index (κ3) is 6.93. The van der Waals surface area contributed by atoms with Gasteiger partial charge in [-0.1, -0.05) is 0 Å². The van der Waals surface area contributed by atoms with Crippen molar-refractivity contribution in [3.63, 3.8) is 0 Å². The van der Waals surface area contributed by atoms with Crippen LogP contribution in [0.5, 0.6) is 0 Å². The van der Waals surface area contributed by atoms with Gasteiger partial charge in [0.15, 0.2) is 0 Å². The van der Waals surface area contributed by atoms with Crippen molar-refractivity contribution in [3.8, 4) is 0 Å². The average molecular weight is 335 g/mol. The second-order valence-corrected chi connectivity index (χ2v) is 9.10. The number of sulfone groups is 1. The summed E-state index contributed by atoms with van der Waals surface area (Å²) in [6, 6.07) is 0.0424. The minimum atomic E-state index is -2.94. The van der Waals surface area contributed by atoms with Crippen LogP contribution in [-0.4, -0.2) is 80.7 Å². The molecule has 0 aromatic rings. The van der Waals surface area contributed by atoms with Crippen LogP contribution in [0, 0.1) is 0 Å². The molecule has 1 unspecified atom stereocenters. The average Bonchev–Trinajstić information content (AvgIpc) is 2.35. The first kappa shape index (κ1) is 19.2. The highest BCUT2D eigenvalue weighted by molar-refractivity contribution is 7.90. The molecule has 1 aliphatic rings. The van der Waals surface area contributed by atoms with E-state index in [-0.39, 0.29) is 17.9 Å². The summed E-state index contributed by atoms with van der Waals surface area (Å²) in [6.45, 7) is 8.40. The number of carbonyl (C=O) groups excluding carboxylic acids is 1. The summed E-state index contributed by atoms with van der Waals surface area (Å²) in [5, 5.41) is 0. The Bertz CT molecular complexity index is 473. The second kappa shape index (κ2) is 7.61. The lowest BCUT2D eigenvalue weighted by molar-refractivity contribution is 0.00489. The number of carbonyl (C=O) groups is 1. The van der Waals surface area contributed by atoms with Crippen LogP contribution in [0.2, 0.25) is 0 Å². The molecule has 2 N–H and O–H groups in total. The van der Waals surface area contributed by atoms with Gasteiger partial charge in [-0.15, -0.1) is 0 Å². The van der Waals surface area contributed by atoms with E-state index in [2.05, 4.69) is 4.90 Å². The zero-order valence-corrected chi connectivity index (χ0v) is 14.9. The van der Waals surface area contributed by atoms with Crippen molar-refractivity contribution in [2.45, 2.75) is 38.8 Å². The Morgan fingerprint density at radius 2 is 1.95 bits per heavy atom. The Morgan fingerprint density at radius 3 is 2.45 bits per heavy atom. The van der Waals surface area contributed by atoms with E-state index >= 15 is 0 Å². The van der Waals surface area contributed by atoms with Gasteiger partial charge in [0.2, 0.25) is 0 Å². The van der Waals surface area contributed by atoms with E-state index in [0.29, 0.717) is 39.1 Å². The molecule has 1 heterocycles. The maximum atomic E-state index is 12.1. The summed E-state index contributed by atoms with van der Waals surface area (Å²) < 4.78 is 27.8. The zero-order chi connectivity index (χ0) is 17.0. The maximum Gasteiger partial charge on any atom is 0.410 e. The van der Waals surface area contributed by atoms with Crippen molar-refractivity contribution in [1.29, 1.82) is 0 Å². The number of rotatable bonds is 5. The molecule has 7 nitrogen and oxygen atoms in total. The van der Waals surface area contributed by atoms with Crippen LogP contribution in [0.25, 0.3) is 0 Å². The fourth-order valence-electron chi connectivity index (χ4n) is 2.43. The molecule has 0 aromatic carbocycles. The molecule has 1 atom stereocenters. The monoisotopic (exact) mass is 335 g/mol. The first-order valence-corrected chi connectivity index (χ1v) is 9.67. The number of amides is 1. The van der Waals surface area contributed by atoms with Crippen LogP contribution >= 0.6 is 0 Å². The molecule has 0 aromatic heterocycles. The van der Waals surface area contributed by atoms with Gasteiger partial charge in [0.1, 0.15) is 15.4 Å². The number of nitrogens with zero attached hydrogens (tertiary/aromatic N) is 2. The lowest BCUT2D eigenvalue weighted by Gasteiger charge is -2.41. The van der Waals surface area contributed by atoms with Crippen LogP contribution in [0.1, 0.15) is 27.2 Å². The van der Waals surface area contributed by atoms with Gasteiger partial charge in [0.05, 0.1) is 5.75 Å². The summed E-state index contributed by atoms with van der Waals surface area (Å²) in [5.41, 5.74) is 5.29. The van der Waals surface area contributed by atoms with Crippen molar-refractivity contribution < 1.29 is 17.9 Å². The highest BCUT2D eigenvalue weighted by atomic mass is 32.2. The van der Waals surface area contributed by atoms with E-state index < -0.39 is 15.4 Å². The molecule has 0 radical (unpaired) electrons. The lowest BCUT2D eigenvalue weighted by Crippen LogP contribution is -2.58. The first-order chi connectivity index (χ1) is 10.0. The minimum absolute atomic E-state index is 0.0424. The molecule has 0 spiro atoms. The van der Waals surface area contributed by atoms with Crippen LogP contribution in [0.4, 0.5) is 4.79 Å². The lowest BCUT2D eigenvalue weighted by atomic mass is 10.1. The summed E-state index contributed by atoms with van der Waals surface area (Å²) >= 11 is 0. The van der Waals surface area contributed by atoms with Crippen LogP contribution in [0.15, 0.2) is 0 Å². The van der Waals surface area contributed by atoms with E-state index in [1.165, 1.54) is 6.26 Å².